The summed E-state index contributed by atoms with van der Waals surface area (Å²) >= 11 is 3.33. The molecule has 1 aromatic heterocycles. The molecule has 1 aliphatic carbocycles. The Kier molecular flexibility index (Phi) is 6.26. The minimum atomic E-state index is -0.515. The summed E-state index contributed by atoms with van der Waals surface area (Å²) in [4.78, 5) is 31.8. The van der Waals surface area contributed by atoms with Gasteiger partial charge in [-0.05, 0) is 36.0 Å². The number of esters is 1. The number of ether oxygens (including phenoxy) is 1. The average Bonchev–Trinajstić information content (AvgIpc) is 3.10. The quantitative estimate of drug-likeness (QED) is 0.501. The molecule has 0 spiro atoms. The van der Waals surface area contributed by atoms with Gasteiger partial charge in [0.2, 0.25) is 0 Å². The summed E-state index contributed by atoms with van der Waals surface area (Å²) in [6.07, 6.45) is 1.26. The standard InChI is InChI=1S/C21H27NO3S2/c1-5-26-10-8-25-20(24)17-13(2)22-14-11-21(3,4)12-15(23)18(14)19(17)16-7-6-9-27-16/h6-7,9,17,19H,5,8,10-12H2,1-4H3/t17?,19-/m0/s1. The highest BCUT2D eigenvalue weighted by Gasteiger charge is 2.46. The van der Waals surface area contributed by atoms with Crippen LogP contribution in [0.4, 0.5) is 0 Å². The minimum Gasteiger partial charge on any atom is -0.464 e. The van der Waals surface area contributed by atoms with Crippen LogP contribution in [0.3, 0.4) is 0 Å². The maximum absolute atomic E-state index is 13.0. The van der Waals surface area contributed by atoms with Crippen molar-refractivity contribution in [3.63, 3.8) is 0 Å². The topological polar surface area (TPSA) is 55.7 Å². The van der Waals surface area contributed by atoms with Crippen LogP contribution in [0, 0.1) is 11.3 Å². The van der Waals surface area contributed by atoms with Gasteiger partial charge in [0.15, 0.2) is 5.78 Å². The van der Waals surface area contributed by atoms with Gasteiger partial charge in [-0.1, -0.05) is 26.8 Å². The number of rotatable bonds is 6. The van der Waals surface area contributed by atoms with Crippen molar-refractivity contribution < 1.29 is 14.3 Å². The first-order valence-corrected chi connectivity index (χ1v) is 11.5. The average molecular weight is 406 g/mol. The molecular weight excluding hydrogens is 378 g/mol. The number of aliphatic imine (C=N–C) groups is 1. The van der Waals surface area contributed by atoms with Crippen molar-refractivity contribution in [1.82, 2.24) is 0 Å². The molecule has 0 N–H and O–H groups in total. The molecular formula is C21H27NO3S2. The monoisotopic (exact) mass is 405 g/mol. The molecule has 1 aliphatic heterocycles. The third-order valence-electron chi connectivity index (χ3n) is 5.08. The van der Waals surface area contributed by atoms with Crippen molar-refractivity contribution in [3.8, 4) is 0 Å². The first-order chi connectivity index (χ1) is 12.8. The fourth-order valence-electron chi connectivity index (χ4n) is 3.96. The Balaban J connectivity index is 1.95. The molecule has 2 atom stereocenters. The molecule has 2 heterocycles. The number of ketones is 1. The second-order valence-corrected chi connectivity index (χ2v) is 10.3. The van der Waals surface area contributed by atoms with Crippen molar-refractivity contribution in [2.45, 2.75) is 46.5 Å². The van der Waals surface area contributed by atoms with Gasteiger partial charge in [-0.3, -0.25) is 14.6 Å². The van der Waals surface area contributed by atoms with Crippen LogP contribution < -0.4 is 0 Å². The molecule has 27 heavy (non-hydrogen) atoms. The van der Waals surface area contributed by atoms with Crippen LogP contribution in [0.25, 0.3) is 0 Å². The van der Waals surface area contributed by atoms with Crippen molar-refractivity contribution in [1.29, 1.82) is 0 Å². The molecule has 0 radical (unpaired) electrons. The molecule has 1 aromatic rings. The lowest BCUT2D eigenvalue weighted by molar-refractivity contribution is -0.145. The Bertz CT molecular complexity index is 777. The van der Waals surface area contributed by atoms with Crippen LogP contribution in [0.5, 0.6) is 0 Å². The van der Waals surface area contributed by atoms with Gasteiger partial charge < -0.3 is 4.74 Å². The van der Waals surface area contributed by atoms with Gasteiger partial charge >= 0.3 is 5.97 Å². The van der Waals surface area contributed by atoms with Crippen LogP contribution >= 0.6 is 23.1 Å². The minimum absolute atomic E-state index is 0.0928. The molecule has 0 amide bonds. The third-order valence-corrected chi connectivity index (χ3v) is 6.90. The van der Waals surface area contributed by atoms with Gasteiger partial charge in [-0.2, -0.15) is 11.8 Å². The Labute approximate surface area is 169 Å². The molecule has 0 aromatic carbocycles. The van der Waals surface area contributed by atoms with Gasteiger partial charge in [0.1, 0.15) is 12.5 Å². The maximum atomic E-state index is 13.0. The second kappa shape index (κ2) is 8.31. The zero-order chi connectivity index (χ0) is 19.6. The maximum Gasteiger partial charge on any atom is 0.315 e. The lowest BCUT2D eigenvalue weighted by atomic mass is 9.68. The van der Waals surface area contributed by atoms with Gasteiger partial charge in [-0.25, -0.2) is 0 Å². The first-order valence-electron chi connectivity index (χ1n) is 9.43. The number of Topliss-reactive ketones (excluding diaryl/α,β-unsaturated/α-hetero) is 1. The third kappa shape index (κ3) is 4.37. The van der Waals surface area contributed by atoms with Crippen LogP contribution in [-0.2, 0) is 14.3 Å². The van der Waals surface area contributed by atoms with E-state index in [1.165, 1.54) is 0 Å². The Morgan fingerprint density at radius 2 is 2.19 bits per heavy atom. The van der Waals surface area contributed by atoms with Crippen LogP contribution in [0.1, 0.15) is 51.3 Å². The van der Waals surface area contributed by atoms with Crippen LogP contribution in [0.15, 0.2) is 33.8 Å². The van der Waals surface area contributed by atoms with E-state index in [0.29, 0.717) is 13.0 Å². The number of allylic oxidation sites excluding steroid dienone is 2. The van der Waals surface area contributed by atoms with E-state index in [-0.39, 0.29) is 23.1 Å². The van der Waals surface area contributed by atoms with Crippen molar-refractivity contribution in [2.75, 3.05) is 18.1 Å². The number of thioether (sulfide) groups is 1. The highest BCUT2D eigenvalue weighted by atomic mass is 32.2. The van der Waals surface area contributed by atoms with Crippen molar-refractivity contribution in [3.05, 3.63) is 33.7 Å². The van der Waals surface area contributed by atoms with Gasteiger partial charge in [0.05, 0.1) is 0 Å². The molecule has 6 heteroatoms. The number of hydrogen-bond acceptors (Lipinski definition) is 6. The molecule has 146 valence electrons. The van der Waals surface area contributed by atoms with E-state index in [9.17, 15) is 9.59 Å². The fourth-order valence-corrected chi connectivity index (χ4v) is 5.32. The number of hydrogen-bond donors (Lipinski definition) is 0. The normalized spacial score (nSPS) is 24.4. The van der Waals surface area contributed by atoms with Crippen LogP contribution in [-0.4, -0.2) is 35.6 Å². The van der Waals surface area contributed by atoms with E-state index in [1.807, 2.05) is 24.4 Å². The zero-order valence-corrected chi connectivity index (χ0v) is 18.0. The number of nitrogens with zero attached hydrogens (tertiary/aromatic N) is 1. The summed E-state index contributed by atoms with van der Waals surface area (Å²) in [5, 5.41) is 1.99. The fraction of sp³-hybridized carbons (Fsp3) is 0.571. The smallest absolute Gasteiger partial charge is 0.315 e. The molecule has 0 saturated heterocycles. The molecule has 0 saturated carbocycles. The van der Waals surface area contributed by atoms with E-state index in [0.717, 1.165) is 39.8 Å². The zero-order valence-electron chi connectivity index (χ0n) is 16.4. The summed E-state index contributed by atoms with van der Waals surface area (Å²) in [5.74, 6) is 0.854. The lowest BCUT2D eigenvalue weighted by Crippen LogP contribution is -2.39. The van der Waals surface area contributed by atoms with Gasteiger partial charge in [0.25, 0.3) is 0 Å². The molecule has 4 nitrogen and oxygen atoms in total. The molecule has 2 aliphatic rings. The predicted octanol–water partition coefficient (Wildman–Crippen LogP) is 4.86. The number of carbonyl (C=O) groups excluding carboxylic acids is 2. The van der Waals surface area contributed by atoms with E-state index in [2.05, 4.69) is 20.8 Å². The van der Waals surface area contributed by atoms with Crippen molar-refractivity contribution >= 4 is 40.6 Å². The Morgan fingerprint density at radius 1 is 1.41 bits per heavy atom. The first kappa shape index (κ1) is 20.3. The van der Waals surface area contributed by atoms with E-state index in [1.54, 1.807) is 23.1 Å². The van der Waals surface area contributed by atoms with Crippen molar-refractivity contribution in [2.24, 2.45) is 16.3 Å². The highest BCUT2D eigenvalue weighted by molar-refractivity contribution is 7.99. The van der Waals surface area contributed by atoms with Gasteiger partial charge in [-0.15, -0.1) is 11.3 Å². The molecule has 3 rings (SSSR count). The summed E-state index contributed by atoms with van der Waals surface area (Å²) < 4.78 is 5.57. The number of thiophene rings is 1. The molecule has 0 fully saturated rings. The largest absolute Gasteiger partial charge is 0.464 e. The summed E-state index contributed by atoms with van der Waals surface area (Å²) in [6.45, 7) is 8.58. The van der Waals surface area contributed by atoms with Crippen LogP contribution in [0.2, 0.25) is 0 Å². The SMILES string of the molecule is CCSCCOC(=O)C1C(C)=NC2=C(C(=O)CC(C)(C)C2)[C@H]1c1cccs1. The van der Waals surface area contributed by atoms with Gasteiger partial charge in [0, 0.05) is 40.0 Å². The summed E-state index contributed by atoms with van der Waals surface area (Å²) in [7, 11) is 0. The molecule has 1 unspecified atom stereocenters. The van der Waals surface area contributed by atoms with E-state index in [4.69, 9.17) is 9.73 Å². The second-order valence-electron chi connectivity index (χ2n) is 7.89. The Hall–Kier alpha value is -1.40. The van der Waals surface area contributed by atoms with E-state index >= 15 is 0 Å². The predicted molar refractivity (Wildman–Crippen MR) is 113 cm³/mol. The van der Waals surface area contributed by atoms with E-state index < -0.39 is 5.92 Å². The lowest BCUT2D eigenvalue weighted by Gasteiger charge is -2.38. The highest BCUT2D eigenvalue weighted by Crippen LogP contribution is 2.48. The number of carbonyl (C=O) groups is 2. The Morgan fingerprint density at radius 3 is 2.85 bits per heavy atom. The summed E-state index contributed by atoms with van der Waals surface area (Å²) in [6, 6.07) is 3.98. The molecule has 0 bridgehead atoms. The summed E-state index contributed by atoms with van der Waals surface area (Å²) in [5.41, 5.74) is 2.25.